The number of ether oxygens (including phenoxy) is 1. The SMILES string of the molecule is O=C(COc1ccc(Cl)cc1Cl)NCCc1c[nH]c2ccc(F)cc12. The lowest BCUT2D eigenvalue weighted by Crippen LogP contribution is -2.30. The average molecular weight is 381 g/mol. The second kappa shape index (κ2) is 7.76. The van der Waals surface area contributed by atoms with Gasteiger partial charge in [-0.25, -0.2) is 4.39 Å². The Labute approximate surface area is 153 Å². The van der Waals surface area contributed by atoms with Crippen molar-refractivity contribution in [2.75, 3.05) is 13.2 Å². The smallest absolute Gasteiger partial charge is 0.257 e. The van der Waals surface area contributed by atoms with E-state index in [9.17, 15) is 9.18 Å². The molecule has 0 fully saturated rings. The van der Waals surface area contributed by atoms with Gasteiger partial charge in [-0.2, -0.15) is 0 Å². The molecule has 0 radical (unpaired) electrons. The number of H-pyrrole nitrogens is 1. The summed E-state index contributed by atoms with van der Waals surface area (Å²) in [6.45, 7) is 0.268. The van der Waals surface area contributed by atoms with E-state index in [0.717, 1.165) is 16.5 Å². The van der Waals surface area contributed by atoms with Crippen molar-refractivity contribution in [3.63, 3.8) is 0 Å². The molecule has 0 atom stereocenters. The first-order chi connectivity index (χ1) is 12.0. The predicted molar refractivity (Wildman–Crippen MR) is 96.9 cm³/mol. The lowest BCUT2D eigenvalue weighted by atomic mass is 10.1. The maximum absolute atomic E-state index is 13.3. The lowest BCUT2D eigenvalue weighted by molar-refractivity contribution is -0.123. The summed E-state index contributed by atoms with van der Waals surface area (Å²) < 4.78 is 18.7. The van der Waals surface area contributed by atoms with Crippen molar-refractivity contribution in [1.82, 2.24) is 10.3 Å². The summed E-state index contributed by atoms with van der Waals surface area (Å²) >= 11 is 11.8. The largest absolute Gasteiger partial charge is 0.482 e. The van der Waals surface area contributed by atoms with Crippen LogP contribution in [-0.4, -0.2) is 24.0 Å². The van der Waals surface area contributed by atoms with E-state index in [1.807, 2.05) is 6.20 Å². The minimum atomic E-state index is -0.286. The Morgan fingerprint density at radius 1 is 1.20 bits per heavy atom. The molecule has 3 aromatic rings. The molecule has 0 aliphatic rings. The number of rotatable bonds is 6. The number of benzene rings is 2. The van der Waals surface area contributed by atoms with Crippen molar-refractivity contribution < 1.29 is 13.9 Å². The standard InChI is InChI=1S/C18H15Cl2FN2O2/c19-12-1-4-17(15(20)7-12)25-10-18(24)22-6-5-11-9-23-16-3-2-13(21)8-14(11)16/h1-4,7-9,23H,5-6,10H2,(H,22,24). The summed E-state index contributed by atoms with van der Waals surface area (Å²) in [6, 6.07) is 9.37. The Kier molecular flexibility index (Phi) is 5.46. The molecule has 130 valence electrons. The van der Waals surface area contributed by atoms with Crippen molar-refractivity contribution in [2.24, 2.45) is 0 Å². The molecule has 1 heterocycles. The van der Waals surface area contributed by atoms with E-state index in [1.165, 1.54) is 12.1 Å². The van der Waals surface area contributed by atoms with E-state index in [2.05, 4.69) is 10.3 Å². The van der Waals surface area contributed by atoms with Gasteiger partial charge in [0.2, 0.25) is 0 Å². The van der Waals surface area contributed by atoms with Crippen LogP contribution in [0.4, 0.5) is 4.39 Å². The third-order valence-corrected chi connectivity index (χ3v) is 4.23. The molecule has 2 aromatic carbocycles. The molecule has 0 aliphatic carbocycles. The number of aromatic nitrogens is 1. The second-order valence-electron chi connectivity index (χ2n) is 5.47. The number of hydrogen-bond donors (Lipinski definition) is 2. The molecule has 3 rings (SSSR count). The van der Waals surface area contributed by atoms with Gasteiger partial charge in [-0.15, -0.1) is 0 Å². The fraction of sp³-hybridized carbons (Fsp3) is 0.167. The van der Waals surface area contributed by atoms with Crippen LogP contribution in [0.5, 0.6) is 5.75 Å². The summed E-state index contributed by atoms with van der Waals surface area (Å²) in [4.78, 5) is 14.9. The summed E-state index contributed by atoms with van der Waals surface area (Å²) in [7, 11) is 0. The summed E-state index contributed by atoms with van der Waals surface area (Å²) in [5, 5.41) is 4.42. The van der Waals surface area contributed by atoms with Gasteiger partial charge in [-0.1, -0.05) is 23.2 Å². The molecule has 7 heteroatoms. The molecule has 1 aromatic heterocycles. The van der Waals surface area contributed by atoms with Gasteiger partial charge in [-0.3, -0.25) is 4.79 Å². The maximum atomic E-state index is 13.3. The molecule has 2 N–H and O–H groups in total. The highest BCUT2D eigenvalue weighted by Crippen LogP contribution is 2.27. The monoisotopic (exact) mass is 380 g/mol. The highest BCUT2D eigenvalue weighted by atomic mass is 35.5. The molecule has 4 nitrogen and oxygen atoms in total. The fourth-order valence-corrected chi connectivity index (χ4v) is 2.94. The second-order valence-corrected chi connectivity index (χ2v) is 6.31. The van der Waals surface area contributed by atoms with Gasteiger partial charge in [0.15, 0.2) is 6.61 Å². The third kappa shape index (κ3) is 4.44. The Morgan fingerprint density at radius 3 is 2.84 bits per heavy atom. The van der Waals surface area contributed by atoms with Gasteiger partial charge < -0.3 is 15.0 Å². The minimum Gasteiger partial charge on any atom is -0.482 e. The average Bonchev–Trinajstić information content (AvgIpc) is 2.96. The van der Waals surface area contributed by atoms with Gasteiger partial charge >= 0.3 is 0 Å². The van der Waals surface area contributed by atoms with Gasteiger partial charge in [0.25, 0.3) is 5.91 Å². The van der Waals surface area contributed by atoms with Crippen LogP contribution in [0.15, 0.2) is 42.6 Å². The number of amides is 1. The molecular weight excluding hydrogens is 366 g/mol. The number of aromatic amines is 1. The zero-order chi connectivity index (χ0) is 17.8. The number of carbonyl (C=O) groups is 1. The van der Waals surface area contributed by atoms with Crippen molar-refractivity contribution in [1.29, 1.82) is 0 Å². The van der Waals surface area contributed by atoms with E-state index < -0.39 is 0 Å². The van der Waals surface area contributed by atoms with Gasteiger partial charge in [0.1, 0.15) is 11.6 Å². The van der Waals surface area contributed by atoms with E-state index in [1.54, 1.807) is 24.3 Å². The van der Waals surface area contributed by atoms with Gasteiger partial charge in [0, 0.05) is 28.7 Å². The van der Waals surface area contributed by atoms with E-state index in [0.29, 0.717) is 28.8 Å². The van der Waals surface area contributed by atoms with Crippen LogP contribution in [0.3, 0.4) is 0 Å². The van der Waals surface area contributed by atoms with Gasteiger partial charge in [0.05, 0.1) is 5.02 Å². The fourth-order valence-electron chi connectivity index (χ4n) is 2.48. The Bertz CT molecular complexity index is 911. The molecule has 0 spiro atoms. The van der Waals surface area contributed by atoms with Crippen LogP contribution in [0.1, 0.15) is 5.56 Å². The van der Waals surface area contributed by atoms with Crippen LogP contribution in [0.25, 0.3) is 10.9 Å². The van der Waals surface area contributed by atoms with E-state index >= 15 is 0 Å². The molecule has 0 aliphatic heterocycles. The van der Waals surface area contributed by atoms with Crippen molar-refractivity contribution >= 4 is 40.0 Å². The van der Waals surface area contributed by atoms with Crippen molar-refractivity contribution in [3.8, 4) is 5.75 Å². The van der Waals surface area contributed by atoms with Crippen LogP contribution >= 0.6 is 23.2 Å². The van der Waals surface area contributed by atoms with Crippen molar-refractivity contribution in [2.45, 2.75) is 6.42 Å². The third-order valence-electron chi connectivity index (χ3n) is 3.70. The number of carbonyl (C=O) groups excluding carboxylic acids is 1. The summed E-state index contributed by atoms with van der Waals surface area (Å²) in [6.07, 6.45) is 2.40. The molecule has 0 unspecified atom stereocenters. The normalized spacial score (nSPS) is 10.8. The predicted octanol–water partition coefficient (Wildman–Crippen LogP) is 4.35. The lowest BCUT2D eigenvalue weighted by Gasteiger charge is -2.09. The first-order valence-corrected chi connectivity index (χ1v) is 8.38. The molecule has 0 bridgehead atoms. The van der Waals surface area contributed by atoms with Crippen LogP contribution in [0.2, 0.25) is 10.0 Å². The minimum absolute atomic E-state index is 0.149. The highest BCUT2D eigenvalue weighted by Gasteiger charge is 2.08. The first kappa shape index (κ1) is 17.6. The Balaban J connectivity index is 1.49. The van der Waals surface area contributed by atoms with E-state index in [-0.39, 0.29) is 18.3 Å². The van der Waals surface area contributed by atoms with Crippen LogP contribution in [0, 0.1) is 5.82 Å². The highest BCUT2D eigenvalue weighted by molar-refractivity contribution is 6.35. The number of halogens is 3. The molecule has 25 heavy (non-hydrogen) atoms. The maximum Gasteiger partial charge on any atom is 0.257 e. The number of fused-ring (bicyclic) bond motifs is 1. The summed E-state index contributed by atoms with van der Waals surface area (Å²) in [5.41, 5.74) is 1.81. The zero-order valence-corrected chi connectivity index (χ0v) is 14.6. The van der Waals surface area contributed by atoms with Gasteiger partial charge in [-0.05, 0) is 48.4 Å². The quantitative estimate of drug-likeness (QED) is 0.667. The van der Waals surface area contributed by atoms with Crippen molar-refractivity contribution in [3.05, 3.63) is 64.0 Å². The molecular formula is C18H15Cl2FN2O2. The van der Waals surface area contributed by atoms with Crippen LogP contribution in [-0.2, 0) is 11.2 Å². The number of hydrogen-bond acceptors (Lipinski definition) is 2. The number of nitrogens with one attached hydrogen (secondary N) is 2. The molecule has 0 saturated heterocycles. The molecule has 1 amide bonds. The zero-order valence-electron chi connectivity index (χ0n) is 13.1. The molecule has 0 saturated carbocycles. The Morgan fingerprint density at radius 2 is 2.04 bits per heavy atom. The van der Waals surface area contributed by atoms with Crippen LogP contribution < -0.4 is 10.1 Å². The van der Waals surface area contributed by atoms with E-state index in [4.69, 9.17) is 27.9 Å². The Hall–Kier alpha value is -2.24. The first-order valence-electron chi connectivity index (χ1n) is 7.63. The topological polar surface area (TPSA) is 54.1 Å². The summed E-state index contributed by atoms with van der Waals surface area (Å²) in [5.74, 6) is -0.156.